The van der Waals surface area contributed by atoms with Gasteiger partial charge in [-0.1, -0.05) is 12.1 Å². The van der Waals surface area contributed by atoms with Crippen molar-refractivity contribution in [2.75, 3.05) is 5.32 Å². The Morgan fingerprint density at radius 2 is 2.20 bits per heavy atom. The second kappa shape index (κ2) is 4.40. The smallest absolute Gasteiger partial charge is 0.146 e. The van der Waals surface area contributed by atoms with Crippen molar-refractivity contribution in [2.24, 2.45) is 0 Å². The van der Waals surface area contributed by atoms with Crippen molar-refractivity contribution in [3.8, 4) is 0 Å². The first kappa shape index (κ1) is 10.1. The molecule has 4 heteroatoms. The van der Waals surface area contributed by atoms with Crippen molar-refractivity contribution < 1.29 is 4.39 Å². The minimum Gasteiger partial charge on any atom is -0.375 e. The van der Waals surface area contributed by atoms with Gasteiger partial charge in [-0.2, -0.15) is 0 Å². The third kappa shape index (κ3) is 2.33. The van der Waals surface area contributed by atoms with E-state index < -0.39 is 0 Å². The van der Waals surface area contributed by atoms with Crippen molar-refractivity contribution in [1.82, 2.24) is 4.98 Å². The van der Waals surface area contributed by atoms with E-state index in [1.807, 2.05) is 12.3 Å². The molecular weight excluding hydrogens is 211 g/mol. The molecule has 2 aromatic rings. The molecule has 1 N–H and O–H groups in total. The van der Waals surface area contributed by atoms with Crippen LogP contribution < -0.4 is 5.32 Å². The Morgan fingerprint density at radius 3 is 2.87 bits per heavy atom. The van der Waals surface area contributed by atoms with E-state index in [-0.39, 0.29) is 11.9 Å². The number of hydrogen-bond acceptors (Lipinski definition) is 3. The van der Waals surface area contributed by atoms with Gasteiger partial charge in [0.05, 0.1) is 22.9 Å². The zero-order valence-electron chi connectivity index (χ0n) is 8.27. The molecule has 1 aromatic heterocycles. The molecule has 2 rings (SSSR count). The SMILES string of the molecule is CC(Nc1ccccc1F)c1cscn1. The lowest BCUT2D eigenvalue weighted by molar-refractivity contribution is 0.627. The van der Waals surface area contributed by atoms with Crippen molar-refractivity contribution in [2.45, 2.75) is 13.0 Å². The van der Waals surface area contributed by atoms with Gasteiger partial charge in [0, 0.05) is 5.38 Å². The van der Waals surface area contributed by atoms with Gasteiger partial charge in [-0.05, 0) is 19.1 Å². The molecule has 2 nitrogen and oxygen atoms in total. The third-order valence-corrected chi connectivity index (χ3v) is 2.75. The topological polar surface area (TPSA) is 24.9 Å². The van der Waals surface area contributed by atoms with Gasteiger partial charge < -0.3 is 5.32 Å². The summed E-state index contributed by atoms with van der Waals surface area (Å²) in [4.78, 5) is 4.18. The highest BCUT2D eigenvalue weighted by Crippen LogP contribution is 2.20. The van der Waals surface area contributed by atoms with E-state index in [1.165, 1.54) is 17.4 Å². The number of rotatable bonds is 3. The van der Waals surface area contributed by atoms with Gasteiger partial charge in [-0.25, -0.2) is 9.37 Å². The van der Waals surface area contributed by atoms with Crippen LogP contribution >= 0.6 is 11.3 Å². The van der Waals surface area contributed by atoms with Crippen LogP contribution in [0.1, 0.15) is 18.7 Å². The highest BCUT2D eigenvalue weighted by atomic mass is 32.1. The van der Waals surface area contributed by atoms with Gasteiger partial charge >= 0.3 is 0 Å². The monoisotopic (exact) mass is 222 g/mol. The third-order valence-electron chi connectivity index (χ3n) is 2.14. The number of thiazole rings is 1. The number of benzene rings is 1. The molecule has 1 unspecified atom stereocenters. The number of nitrogens with zero attached hydrogens (tertiary/aromatic N) is 1. The summed E-state index contributed by atoms with van der Waals surface area (Å²) in [5.74, 6) is -0.237. The Kier molecular flexibility index (Phi) is 2.97. The summed E-state index contributed by atoms with van der Waals surface area (Å²) in [6.07, 6.45) is 0. The van der Waals surface area contributed by atoms with Crippen LogP contribution in [0.25, 0.3) is 0 Å². The fourth-order valence-corrected chi connectivity index (χ4v) is 1.97. The number of halogens is 1. The van der Waals surface area contributed by atoms with Crippen molar-refractivity contribution in [1.29, 1.82) is 0 Å². The summed E-state index contributed by atoms with van der Waals surface area (Å²) in [5.41, 5.74) is 3.22. The number of para-hydroxylation sites is 1. The highest BCUT2D eigenvalue weighted by Gasteiger charge is 2.08. The maximum absolute atomic E-state index is 13.3. The van der Waals surface area contributed by atoms with E-state index in [1.54, 1.807) is 23.7 Å². The van der Waals surface area contributed by atoms with Crippen LogP contribution in [0.15, 0.2) is 35.2 Å². The fourth-order valence-electron chi connectivity index (χ4n) is 1.32. The molecule has 0 saturated carbocycles. The maximum atomic E-state index is 13.3. The zero-order chi connectivity index (χ0) is 10.7. The highest BCUT2D eigenvalue weighted by molar-refractivity contribution is 7.07. The van der Waals surface area contributed by atoms with E-state index in [2.05, 4.69) is 10.3 Å². The largest absolute Gasteiger partial charge is 0.375 e. The van der Waals surface area contributed by atoms with Crippen LogP contribution in [0.5, 0.6) is 0 Å². The van der Waals surface area contributed by atoms with Gasteiger partial charge in [-0.15, -0.1) is 11.3 Å². The van der Waals surface area contributed by atoms with Crippen LogP contribution in [0.3, 0.4) is 0 Å². The molecule has 1 atom stereocenters. The summed E-state index contributed by atoms with van der Waals surface area (Å²) in [5, 5.41) is 5.04. The standard InChI is InChI=1S/C11H11FN2S/c1-8(11-6-15-7-13-11)14-10-5-3-2-4-9(10)12/h2-8,14H,1H3. The Balaban J connectivity index is 2.13. The summed E-state index contributed by atoms with van der Waals surface area (Å²) in [6.45, 7) is 1.96. The molecule has 0 amide bonds. The lowest BCUT2D eigenvalue weighted by Crippen LogP contribution is -2.07. The predicted molar refractivity (Wildman–Crippen MR) is 60.6 cm³/mol. The minimum absolute atomic E-state index is 0.0214. The minimum atomic E-state index is -0.237. The average Bonchev–Trinajstić information content (AvgIpc) is 2.74. The zero-order valence-corrected chi connectivity index (χ0v) is 9.09. The van der Waals surface area contributed by atoms with Gasteiger partial charge in [0.25, 0.3) is 0 Å². The van der Waals surface area contributed by atoms with Gasteiger partial charge in [0.2, 0.25) is 0 Å². The first-order chi connectivity index (χ1) is 7.27. The van der Waals surface area contributed by atoms with E-state index in [0.717, 1.165) is 5.69 Å². The Hall–Kier alpha value is -1.42. The Morgan fingerprint density at radius 1 is 1.40 bits per heavy atom. The van der Waals surface area contributed by atoms with Crippen molar-refractivity contribution in [3.05, 3.63) is 46.7 Å². The molecule has 1 heterocycles. The van der Waals surface area contributed by atoms with Crippen molar-refractivity contribution >= 4 is 17.0 Å². The predicted octanol–water partition coefficient (Wildman–Crippen LogP) is 3.46. The van der Waals surface area contributed by atoms with Crippen LogP contribution in [0.2, 0.25) is 0 Å². The molecule has 0 aliphatic rings. The summed E-state index contributed by atoms with van der Waals surface area (Å²) in [6, 6.07) is 6.66. The molecule has 0 bridgehead atoms. The summed E-state index contributed by atoms with van der Waals surface area (Å²) in [7, 11) is 0. The lowest BCUT2D eigenvalue weighted by Gasteiger charge is -2.13. The summed E-state index contributed by atoms with van der Waals surface area (Å²) < 4.78 is 13.3. The summed E-state index contributed by atoms with van der Waals surface area (Å²) >= 11 is 1.54. The Labute approximate surface area is 91.8 Å². The van der Waals surface area contributed by atoms with Gasteiger partial charge in [0.15, 0.2) is 0 Å². The quantitative estimate of drug-likeness (QED) is 0.860. The first-order valence-electron chi connectivity index (χ1n) is 4.66. The first-order valence-corrected chi connectivity index (χ1v) is 5.61. The van der Waals surface area contributed by atoms with Gasteiger partial charge in [-0.3, -0.25) is 0 Å². The number of anilines is 1. The number of aromatic nitrogens is 1. The molecule has 0 fully saturated rings. The molecular formula is C11H11FN2S. The van der Waals surface area contributed by atoms with Crippen LogP contribution in [-0.4, -0.2) is 4.98 Å². The van der Waals surface area contributed by atoms with E-state index in [4.69, 9.17) is 0 Å². The van der Waals surface area contributed by atoms with E-state index in [9.17, 15) is 4.39 Å². The molecule has 0 saturated heterocycles. The number of hydrogen-bond donors (Lipinski definition) is 1. The van der Waals surface area contributed by atoms with E-state index >= 15 is 0 Å². The lowest BCUT2D eigenvalue weighted by atomic mass is 10.2. The molecule has 0 radical (unpaired) electrons. The van der Waals surface area contributed by atoms with E-state index in [0.29, 0.717) is 5.69 Å². The molecule has 0 aliphatic heterocycles. The molecule has 78 valence electrons. The van der Waals surface area contributed by atoms with Gasteiger partial charge in [0.1, 0.15) is 5.82 Å². The Bertz CT molecular complexity index is 428. The van der Waals surface area contributed by atoms with Crippen LogP contribution in [0, 0.1) is 5.82 Å². The fraction of sp³-hybridized carbons (Fsp3) is 0.182. The van der Waals surface area contributed by atoms with Crippen molar-refractivity contribution in [3.63, 3.8) is 0 Å². The average molecular weight is 222 g/mol. The second-order valence-electron chi connectivity index (χ2n) is 3.26. The molecule has 0 aliphatic carbocycles. The maximum Gasteiger partial charge on any atom is 0.146 e. The molecule has 0 spiro atoms. The van der Waals surface area contributed by atoms with Crippen LogP contribution in [0.4, 0.5) is 10.1 Å². The molecule has 1 aromatic carbocycles. The van der Waals surface area contributed by atoms with Crippen LogP contribution in [-0.2, 0) is 0 Å². The molecule has 15 heavy (non-hydrogen) atoms. The number of nitrogens with one attached hydrogen (secondary N) is 1. The normalized spacial score (nSPS) is 12.4. The second-order valence-corrected chi connectivity index (χ2v) is 3.98.